The van der Waals surface area contributed by atoms with Crippen LogP contribution in [0.1, 0.15) is 19.4 Å². The third-order valence-electron chi connectivity index (χ3n) is 6.25. The van der Waals surface area contributed by atoms with Crippen molar-refractivity contribution in [2.24, 2.45) is 17.3 Å². The third-order valence-corrected chi connectivity index (χ3v) is 9.45. The van der Waals surface area contributed by atoms with Crippen LogP contribution in [0.25, 0.3) is 0 Å². The van der Waals surface area contributed by atoms with Gasteiger partial charge in [-0.25, -0.2) is 8.42 Å². The first kappa shape index (κ1) is 18.2. The first-order valence-corrected chi connectivity index (χ1v) is 11.5. The Morgan fingerprint density at radius 3 is 2.23 bits per heavy atom. The monoisotopic (exact) mass is 390 g/mol. The van der Waals surface area contributed by atoms with Crippen molar-refractivity contribution >= 4 is 21.4 Å². The van der Waals surface area contributed by atoms with E-state index in [0.29, 0.717) is 29.1 Å². The van der Waals surface area contributed by atoms with Crippen molar-refractivity contribution in [1.29, 1.82) is 0 Å². The number of hydrogen-bond donors (Lipinski definition) is 0. The first-order valence-electron chi connectivity index (χ1n) is 9.17. The van der Waals surface area contributed by atoms with Crippen LogP contribution in [0.4, 0.5) is 0 Å². The fraction of sp³-hybridized carbons (Fsp3) is 0.500. The van der Waals surface area contributed by atoms with Crippen LogP contribution in [0.5, 0.6) is 0 Å². The Morgan fingerprint density at radius 1 is 1.00 bits per heavy atom. The SMILES string of the molecule is CC1(C)C2CN(Cc3ccccc3)CC1CN(S(=O)(=O)c1cccs1)C2. The molecule has 140 valence electrons. The molecule has 0 radical (unpaired) electrons. The summed E-state index contributed by atoms with van der Waals surface area (Å²) in [6, 6.07) is 14.1. The Labute approximate surface area is 160 Å². The molecule has 2 saturated heterocycles. The number of sulfonamides is 1. The molecule has 2 aromatic rings. The van der Waals surface area contributed by atoms with Crippen LogP contribution in [-0.4, -0.2) is 43.8 Å². The zero-order chi connectivity index (χ0) is 18.4. The zero-order valence-corrected chi connectivity index (χ0v) is 17.0. The summed E-state index contributed by atoms with van der Waals surface area (Å²) in [4.78, 5) is 2.50. The molecule has 2 bridgehead atoms. The fourth-order valence-electron chi connectivity index (χ4n) is 4.36. The number of fused-ring (bicyclic) bond motifs is 2. The van der Waals surface area contributed by atoms with E-state index in [2.05, 4.69) is 43.0 Å². The number of piperidine rings is 2. The van der Waals surface area contributed by atoms with Crippen LogP contribution in [0.15, 0.2) is 52.1 Å². The Kier molecular flexibility index (Phi) is 4.72. The molecule has 2 aliphatic heterocycles. The predicted octanol–water partition coefficient (Wildman–Crippen LogP) is 3.53. The first-order chi connectivity index (χ1) is 12.4. The Bertz CT molecular complexity index is 829. The van der Waals surface area contributed by atoms with E-state index in [-0.39, 0.29) is 5.41 Å². The minimum Gasteiger partial charge on any atom is -0.298 e. The van der Waals surface area contributed by atoms with Gasteiger partial charge in [0.25, 0.3) is 10.0 Å². The lowest BCUT2D eigenvalue weighted by atomic mass is 9.64. The van der Waals surface area contributed by atoms with Crippen LogP contribution in [0.3, 0.4) is 0 Å². The van der Waals surface area contributed by atoms with Gasteiger partial charge in [0.1, 0.15) is 4.21 Å². The molecule has 0 aliphatic carbocycles. The lowest BCUT2D eigenvalue weighted by Gasteiger charge is -2.55. The summed E-state index contributed by atoms with van der Waals surface area (Å²) >= 11 is 1.31. The second-order valence-corrected chi connectivity index (χ2v) is 11.3. The summed E-state index contributed by atoms with van der Waals surface area (Å²) in [5.74, 6) is 0.710. The molecule has 0 N–H and O–H groups in total. The van der Waals surface area contributed by atoms with Crippen molar-refractivity contribution in [1.82, 2.24) is 9.21 Å². The quantitative estimate of drug-likeness (QED) is 0.802. The fourth-order valence-corrected chi connectivity index (χ4v) is 7.03. The van der Waals surface area contributed by atoms with Gasteiger partial charge in [0.15, 0.2) is 0 Å². The van der Waals surface area contributed by atoms with E-state index < -0.39 is 10.0 Å². The van der Waals surface area contributed by atoms with E-state index in [1.54, 1.807) is 10.4 Å². The van der Waals surface area contributed by atoms with Crippen molar-refractivity contribution in [2.75, 3.05) is 26.2 Å². The second kappa shape index (κ2) is 6.75. The van der Waals surface area contributed by atoms with Crippen molar-refractivity contribution in [3.8, 4) is 0 Å². The van der Waals surface area contributed by atoms with Crippen molar-refractivity contribution < 1.29 is 8.42 Å². The molecule has 6 heteroatoms. The molecule has 2 aliphatic rings. The van der Waals surface area contributed by atoms with E-state index in [0.717, 1.165) is 19.6 Å². The smallest absolute Gasteiger partial charge is 0.252 e. The third kappa shape index (κ3) is 3.24. The summed E-state index contributed by atoms with van der Waals surface area (Å²) in [5.41, 5.74) is 1.50. The van der Waals surface area contributed by atoms with Crippen LogP contribution in [0, 0.1) is 17.3 Å². The Hall–Kier alpha value is -1.21. The van der Waals surface area contributed by atoms with Crippen LogP contribution in [-0.2, 0) is 16.6 Å². The molecular formula is C20H26N2O2S2. The van der Waals surface area contributed by atoms with Gasteiger partial charge in [-0.3, -0.25) is 4.90 Å². The number of hydrogen-bond acceptors (Lipinski definition) is 4. The number of nitrogens with zero attached hydrogens (tertiary/aromatic N) is 2. The molecule has 4 rings (SSSR count). The highest BCUT2D eigenvalue weighted by Gasteiger charge is 2.50. The Morgan fingerprint density at radius 2 is 1.65 bits per heavy atom. The van der Waals surface area contributed by atoms with Gasteiger partial charge in [0.05, 0.1) is 0 Å². The van der Waals surface area contributed by atoms with Gasteiger partial charge in [-0.1, -0.05) is 50.2 Å². The van der Waals surface area contributed by atoms with Gasteiger partial charge < -0.3 is 0 Å². The molecule has 0 amide bonds. The van der Waals surface area contributed by atoms with Crippen molar-refractivity contribution in [2.45, 2.75) is 24.6 Å². The van der Waals surface area contributed by atoms with E-state index in [1.165, 1.54) is 16.9 Å². The van der Waals surface area contributed by atoms with Gasteiger partial charge >= 0.3 is 0 Å². The maximum Gasteiger partial charge on any atom is 0.252 e. The van der Waals surface area contributed by atoms with Crippen LogP contribution < -0.4 is 0 Å². The zero-order valence-electron chi connectivity index (χ0n) is 15.3. The predicted molar refractivity (Wildman–Crippen MR) is 106 cm³/mol. The molecular weight excluding hydrogens is 364 g/mol. The number of likely N-dealkylation sites (tertiary alicyclic amines) is 1. The van der Waals surface area contributed by atoms with Gasteiger partial charge in [-0.2, -0.15) is 4.31 Å². The maximum atomic E-state index is 13.0. The van der Waals surface area contributed by atoms with Crippen molar-refractivity contribution in [3.05, 3.63) is 53.4 Å². The normalized spacial score (nSPS) is 26.7. The lowest BCUT2D eigenvalue weighted by molar-refractivity contribution is -0.0519. The summed E-state index contributed by atoms with van der Waals surface area (Å²) < 4.78 is 28.2. The number of thiophene rings is 1. The number of rotatable bonds is 4. The van der Waals surface area contributed by atoms with Gasteiger partial charge in [-0.05, 0) is 34.3 Å². The van der Waals surface area contributed by atoms with E-state index in [4.69, 9.17) is 0 Å². The minimum absolute atomic E-state index is 0.175. The maximum absolute atomic E-state index is 13.0. The molecule has 26 heavy (non-hydrogen) atoms. The highest BCUT2D eigenvalue weighted by Crippen LogP contribution is 2.46. The summed E-state index contributed by atoms with van der Waals surface area (Å²) in [6.45, 7) is 8.73. The van der Waals surface area contributed by atoms with E-state index >= 15 is 0 Å². The molecule has 1 aromatic carbocycles. The van der Waals surface area contributed by atoms with Gasteiger partial charge in [-0.15, -0.1) is 11.3 Å². The standard InChI is InChI=1S/C20H26N2O2S2/c1-20(2)17-12-21(11-16-7-4-3-5-8-16)13-18(20)15-22(14-17)26(23,24)19-9-6-10-25-19/h3-10,17-18H,11-15H2,1-2H3. The molecule has 2 atom stereocenters. The summed E-state index contributed by atoms with van der Waals surface area (Å²) in [5, 5.41) is 1.84. The van der Waals surface area contributed by atoms with Gasteiger partial charge in [0.2, 0.25) is 0 Å². The lowest BCUT2D eigenvalue weighted by Crippen LogP contribution is -2.61. The van der Waals surface area contributed by atoms with E-state index in [1.807, 2.05) is 17.5 Å². The largest absolute Gasteiger partial charge is 0.298 e. The van der Waals surface area contributed by atoms with E-state index in [9.17, 15) is 8.42 Å². The second-order valence-electron chi connectivity index (χ2n) is 8.15. The topological polar surface area (TPSA) is 40.6 Å². The average molecular weight is 391 g/mol. The minimum atomic E-state index is -3.35. The highest BCUT2D eigenvalue weighted by molar-refractivity contribution is 7.91. The molecule has 3 heterocycles. The Balaban J connectivity index is 1.53. The van der Waals surface area contributed by atoms with Crippen LogP contribution >= 0.6 is 11.3 Å². The summed E-state index contributed by atoms with van der Waals surface area (Å²) in [6.07, 6.45) is 0. The molecule has 2 unspecified atom stereocenters. The molecule has 0 saturated carbocycles. The van der Waals surface area contributed by atoms with Gasteiger partial charge in [0, 0.05) is 32.7 Å². The number of benzene rings is 1. The molecule has 1 aromatic heterocycles. The average Bonchev–Trinajstić information content (AvgIpc) is 3.11. The molecule has 2 fully saturated rings. The molecule has 0 spiro atoms. The molecule has 4 nitrogen and oxygen atoms in total. The van der Waals surface area contributed by atoms with Crippen LogP contribution in [0.2, 0.25) is 0 Å². The van der Waals surface area contributed by atoms with Crippen molar-refractivity contribution in [3.63, 3.8) is 0 Å². The summed E-state index contributed by atoms with van der Waals surface area (Å²) in [7, 11) is -3.35. The highest BCUT2D eigenvalue weighted by atomic mass is 32.2.